The minimum absolute atomic E-state index is 0.232. The number of aryl methyl sites for hydroxylation is 1. The Bertz CT molecular complexity index is 907. The van der Waals surface area contributed by atoms with Crippen LogP contribution >= 0.6 is 35.0 Å². The molecule has 0 bridgehead atoms. The van der Waals surface area contributed by atoms with Gasteiger partial charge in [0, 0.05) is 0 Å². The van der Waals surface area contributed by atoms with Crippen LogP contribution in [0.15, 0.2) is 45.0 Å². The van der Waals surface area contributed by atoms with Crippen LogP contribution < -0.4 is 4.74 Å². The van der Waals surface area contributed by atoms with Crippen molar-refractivity contribution in [2.24, 2.45) is 5.10 Å². The first-order chi connectivity index (χ1) is 12.1. The lowest BCUT2D eigenvalue weighted by atomic mass is 10.3. The Morgan fingerprint density at radius 1 is 1.28 bits per heavy atom. The summed E-state index contributed by atoms with van der Waals surface area (Å²) in [5.74, 6) is 2.44. The highest BCUT2D eigenvalue weighted by Crippen LogP contribution is 2.32. The monoisotopic (exact) mass is 396 g/mol. The fraction of sp³-hybridized carbons (Fsp3) is 0.188. The molecule has 0 saturated heterocycles. The highest BCUT2D eigenvalue weighted by molar-refractivity contribution is 7.98. The molecule has 0 aliphatic heterocycles. The van der Waals surface area contributed by atoms with Gasteiger partial charge >= 0.3 is 0 Å². The van der Waals surface area contributed by atoms with E-state index in [9.17, 15) is 0 Å². The standard InChI is InChI=1S/C16H14Cl2N4O2S/c1-10-20-21-16(25-2)22(10)19-8-11-6-7-12(24-11)9-23-14-5-3-4-13(17)15(14)18/h3-8H,9H2,1-2H3. The summed E-state index contributed by atoms with van der Waals surface area (Å²) in [7, 11) is 0. The van der Waals surface area contributed by atoms with Crippen LogP contribution in [0.3, 0.4) is 0 Å². The maximum absolute atomic E-state index is 6.09. The van der Waals surface area contributed by atoms with E-state index in [2.05, 4.69) is 15.3 Å². The van der Waals surface area contributed by atoms with E-state index in [1.54, 1.807) is 35.2 Å². The van der Waals surface area contributed by atoms with Gasteiger partial charge in [0.1, 0.15) is 28.9 Å². The normalized spacial score (nSPS) is 11.4. The number of aromatic nitrogens is 3. The molecule has 3 aromatic rings. The van der Waals surface area contributed by atoms with E-state index in [0.29, 0.717) is 38.3 Å². The van der Waals surface area contributed by atoms with E-state index in [-0.39, 0.29) is 6.61 Å². The molecule has 0 fully saturated rings. The Labute approximate surface area is 158 Å². The molecule has 0 aliphatic carbocycles. The molecule has 0 radical (unpaired) electrons. The van der Waals surface area contributed by atoms with Crippen LogP contribution in [0.5, 0.6) is 5.75 Å². The third kappa shape index (κ3) is 4.18. The molecular formula is C16H14Cl2N4O2S. The van der Waals surface area contributed by atoms with Crippen molar-refractivity contribution in [3.05, 3.63) is 57.7 Å². The molecule has 0 spiro atoms. The summed E-state index contributed by atoms with van der Waals surface area (Å²) < 4.78 is 13.0. The Morgan fingerprint density at radius 2 is 2.12 bits per heavy atom. The van der Waals surface area contributed by atoms with E-state index in [1.165, 1.54) is 11.8 Å². The SMILES string of the molecule is CSc1nnc(C)n1N=Cc1ccc(COc2cccc(Cl)c2Cl)o1. The zero-order chi connectivity index (χ0) is 17.8. The first kappa shape index (κ1) is 17.8. The molecule has 9 heteroatoms. The number of hydrogen-bond donors (Lipinski definition) is 0. The predicted octanol–water partition coefficient (Wildman–Crippen LogP) is 4.67. The molecule has 25 heavy (non-hydrogen) atoms. The third-order valence-corrected chi connectivity index (χ3v) is 4.64. The maximum Gasteiger partial charge on any atom is 0.211 e. The number of furan rings is 1. The van der Waals surface area contributed by atoms with Crippen molar-refractivity contribution in [2.45, 2.75) is 18.7 Å². The van der Waals surface area contributed by atoms with Gasteiger partial charge < -0.3 is 9.15 Å². The van der Waals surface area contributed by atoms with Gasteiger partial charge in [-0.2, -0.15) is 9.78 Å². The summed E-state index contributed by atoms with van der Waals surface area (Å²) in [5.41, 5.74) is 0. The van der Waals surface area contributed by atoms with E-state index in [0.717, 1.165) is 0 Å². The lowest BCUT2D eigenvalue weighted by Gasteiger charge is -2.06. The highest BCUT2D eigenvalue weighted by atomic mass is 35.5. The molecule has 6 nitrogen and oxygen atoms in total. The second-order valence-electron chi connectivity index (χ2n) is 4.93. The predicted molar refractivity (Wildman–Crippen MR) is 99.0 cm³/mol. The number of rotatable bonds is 6. The molecule has 0 atom stereocenters. The van der Waals surface area contributed by atoms with Crippen LogP contribution in [0.4, 0.5) is 0 Å². The summed E-state index contributed by atoms with van der Waals surface area (Å²) in [6.45, 7) is 2.07. The average Bonchev–Trinajstić information content (AvgIpc) is 3.20. The van der Waals surface area contributed by atoms with Crippen LogP contribution in [0, 0.1) is 6.92 Å². The fourth-order valence-corrected chi connectivity index (χ4v) is 2.82. The van der Waals surface area contributed by atoms with Gasteiger partial charge in [0.15, 0.2) is 5.82 Å². The molecule has 1 aromatic carbocycles. The van der Waals surface area contributed by atoms with Crippen molar-refractivity contribution in [3.63, 3.8) is 0 Å². The number of nitrogens with zero attached hydrogens (tertiary/aromatic N) is 4. The van der Waals surface area contributed by atoms with Gasteiger partial charge in [-0.25, -0.2) is 0 Å². The first-order valence-electron chi connectivity index (χ1n) is 7.24. The van der Waals surface area contributed by atoms with Gasteiger partial charge in [-0.05, 0) is 37.4 Å². The van der Waals surface area contributed by atoms with E-state index < -0.39 is 0 Å². The zero-order valence-electron chi connectivity index (χ0n) is 13.4. The zero-order valence-corrected chi connectivity index (χ0v) is 15.8. The first-order valence-corrected chi connectivity index (χ1v) is 9.22. The van der Waals surface area contributed by atoms with Crippen LogP contribution in [0.1, 0.15) is 17.3 Å². The third-order valence-electron chi connectivity index (χ3n) is 3.22. The van der Waals surface area contributed by atoms with Crippen LogP contribution in [-0.4, -0.2) is 27.3 Å². The Kier molecular flexibility index (Phi) is 5.67. The summed E-state index contributed by atoms with van der Waals surface area (Å²) in [4.78, 5) is 0. The van der Waals surface area contributed by atoms with E-state index >= 15 is 0 Å². The van der Waals surface area contributed by atoms with Gasteiger partial charge in [-0.15, -0.1) is 10.2 Å². The van der Waals surface area contributed by atoms with Crippen molar-refractivity contribution >= 4 is 41.2 Å². The molecule has 0 unspecified atom stereocenters. The highest BCUT2D eigenvalue weighted by Gasteiger charge is 2.08. The molecule has 0 N–H and O–H groups in total. The lowest BCUT2D eigenvalue weighted by Crippen LogP contribution is -1.95. The largest absolute Gasteiger partial charge is 0.484 e. The molecule has 2 heterocycles. The summed E-state index contributed by atoms with van der Waals surface area (Å²) in [6.07, 6.45) is 3.52. The van der Waals surface area contributed by atoms with Crippen LogP contribution in [-0.2, 0) is 6.61 Å². The van der Waals surface area contributed by atoms with Crippen molar-refractivity contribution in [2.75, 3.05) is 6.26 Å². The second-order valence-corrected chi connectivity index (χ2v) is 6.49. The topological polar surface area (TPSA) is 65.4 Å². The van der Waals surface area contributed by atoms with Gasteiger partial charge in [-0.1, -0.05) is 41.0 Å². The summed E-state index contributed by atoms with van der Waals surface area (Å²) in [6, 6.07) is 8.84. The maximum atomic E-state index is 6.09. The summed E-state index contributed by atoms with van der Waals surface area (Å²) >= 11 is 13.5. The number of hydrogen-bond acceptors (Lipinski definition) is 6. The van der Waals surface area contributed by atoms with Crippen molar-refractivity contribution in [3.8, 4) is 5.75 Å². The van der Waals surface area contributed by atoms with Crippen molar-refractivity contribution in [1.29, 1.82) is 0 Å². The summed E-state index contributed by atoms with van der Waals surface area (Å²) in [5, 5.41) is 13.9. The number of ether oxygens (including phenoxy) is 1. The van der Waals surface area contributed by atoms with Gasteiger partial charge in [0.25, 0.3) is 0 Å². The minimum atomic E-state index is 0.232. The van der Waals surface area contributed by atoms with E-state index in [1.807, 2.05) is 19.2 Å². The minimum Gasteiger partial charge on any atom is -0.484 e. The lowest BCUT2D eigenvalue weighted by molar-refractivity contribution is 0.270. The van der Waals surface area contributed by atoms with Gasteiger partial charge in [0.05, 0.1) is 11.2 Å². The molecular weight excluding hydrogens is 383 g/mol. The Hall–Kier alpha value is -1.96. The van der Waals surface area contributed by atoms with E-state index in [4.69, 9.17) is 32.4 Å². The van der Waals surface area contributed by atoms with Crippen LogP contribution in [0.2, 0.25) is 10.0 Å². The van der Waals surface area contributed by atoms with Gasteiger partial charge in [0.2, 0.25) is 5.16 Å². The smallest absolute Gasteiger partial charge is 0.211 e. The molecule has 3 rings (SSSR count). The molecule has 130 valence electrons. The number of halogens is 2. The molecule has 0 saturated carbocycles. The molecule has 0 aliphatic rings. The second kappa shape index (κ2) is 7.95. The quantitative estimate of drug-likeness (QED) is 0.447. The average molecular weight is 397 g/mol. The van der Waals surface area contributed by atoms with Crippen molar-refractivity contribution in [1.82, 2.24) is 14.9 Å². The molecule has 2 aromatic heterocycles. The van der Waals surface area contributed by atoms with Crippen molar-refractivity contribution < 1.29 is 9.15 Å². The Balaban J connectivity index is 1.67. The fourth-order valence-electron chi connectivity index (χ4n) is 2.00. The van der Waals surface area contributed by atoms with Crippen LogP contribution in [0.25, 0.3) is 0 Å². The number of thioether (sulfide) groups is 1. The molecule has 0 amide bonds. The Morgan fingerprint density at radius 3 is 2.92 bits per heavy atom. The van der Waals surface area contributed by atoms with Gasteiger partial charge in [-0.3, -0.25) is 0 Å². The number of benzene rings is 1.